The second-order valence-electron chi connectivity index (χ2n) is 4.24. The van der Waals surface area contributed by atoms with Crippen molar-refractivity contribution in [3.63, 3.8) is 0 Å². The summed E-state index contributed by atoms with van der Waals surface area (Å²) in [5.41, 5.74) is -1.02. The molecule has 1 heterocycles. The third kappa shape index (κ3) is 3.42. The lowest BCUT2D eigenvalue weighted by atomic mass is 10.0. The second-order valence-corrected chi connectivity index (χ2v) is 4.24. The Labute approximate surface area is 116 Å². The highest BCUT2D eigenvalue weighted by atomic mass is 19.4. The molecule has 2 aromatic rings. The van der Waals surface area contributed by atoms with E-state index in [-0.39, 0.29) is 22.3 Å². The van der Waals surface area contributed by atoms with Gasteiger partial charge >= 0.3 is 6.18 Å². The van der Waals surface area contributed by atoms with E-state index >= 15 is 0 Å². The van der Waals surface area contributed by atoms with Crippen LogP contribution in [0.25, 0.3) is 11.1 Å². The summed E-state index contributed by atoms with van der Waals surface area (Å²) >= 11 is 0. The van der Waals surface area contributed by atoms with E-state index in [0.717, 1.165) is 30.5 Å². The van der Waals surface area contributed by atoms with Crippen LogP contribution in [0, 0.1) is 0 Å². The number of nitrogens with zero attached hydrogens (tertiary/aromatic N) is 1. The molecule has 0 unspecified atom stereocenters. The molecule has 2 nitrogen and oxygen atoms in total. The van der Waals surface area contributed by atoms with E-state index < -0.39 is 18.3 Å². The fourth-order valence-corrected chi connectivity index (χ4v) is 1.77. The number of aromatic nitrogens is 1. The molecule has 110 valence electrons. The van der Waals surface area contributed by atoms with Gasteiger partial charge in [0.1, 0.15) is 12.0 Å². The smallest absolute Gasteiger partial charge is 0.298 e. The number of carbonyl (C=O) groups excluding carboxylic acids is 1. The van der Waals surface area contributed by atoms with E-state index in [2.05, 4.69) is 4.98 Å². The van der Waals surface area contributed by atoms with Crippen LogP contribution >= 0.6 is 0 Å². The van der Waals surface area contributed by atoms with Gasteiger partial charge < -0.3 is 0 Å². The van der Waals surface area contributed by atoms with Crippen LogP contribution in [0.2, 0.25) is 0 Å². The van der Waals surface area contributed by atoms with E-state index in [1.54, 1.807) is 0 Å². The Hall–Kier alpha value is -2.31. The van der Waals surface area contributed by atoms with Crippen molar-refractivity contribution >= 4 is 6.29 Å². The summed E-state index contributed by atoms with van der Waals surface area (Å²) in [4.78, 5) is 14.0. The summed E-state index contributed by atoms with van der Waals surface area (Å²) < 4.78 is 62.6. The molecule has 0 spiro atoms. The molecule has 1 aromatic heterocycles. The van der Waals surface area contributed by atoms with Crippen molar-refractivity contribution in [2.45, 2.75) is 12.6 Å². The lowest BCUT2D eigenvalue weighted by Crippen LogP contribution is -2.07. The number of benzene rings is 1. The molecule has 21 heavy (non-hydrogen) atoms. The second kappa shape index (κ2) is 5.59. The van der Waals surface area contributed by atoms with Crippen LogP contribution in [0.5, 0.6) is 0 Å². The van der Waals surface area contributed by atoms with Gasteiger partial charge in [0, 0.05) is 22.9 Å². The number of pyridine rings is 1. The number of rotatable bonds is 3. The average Bonchev–Trinajstić information content (AvgIpc) is 2.46. The monoisotopic (exact) mass is 301 g/mol. The molecule has 0 aliphatic carbocycles. The molecule has 0 saturated carbocycles. The average molecular weight is 301 g/mol. The molecule has 0 atom stereocenters. The van der Waals surface area contributed by atoms with Crippen molar-refractivity contribution in [2.24, 2.45) is 0 Å². The number of alkyl halides is 5. The van der Waals surface area contributed by atoms with E-state index in [1.165, 1.54) is 6.07 Å². The van der Waals surface area contributed by atoms with Gasteiger partial charge in [0.2, 0.25) is 0 Å². The molecule has 0 radical (unpaired) electrons. The minimum Gasteiger partial charge on any atom is -0.298 e. The molecular formula is C14H8F5NO. The maximum atomic E-state index is 12.7. The zero-order valence-electron chi connectivity index (χ0n) is 10.4. The van der Waals surface area contributed by atoms with Crippen LogP contribution in [-0.2, 0) is 6.18 Å². The molecule has 0 aliphatic heterocycles. The van der Waals surface area contributed by atoms with Crippen molar-refractivity contribution < 1.29 is 26.7 Å². The first-order valence-corrected chi connectivity index (χ1v) is 5.73. The molecule has 2 rings (SSSR count). The van der Waals surface area contributed by atoms with Gasteiger partial charge in [-0.15, -0.1) is 0 Å². The number of carbonyl (C=O) groups is 1. The van der Waals surface area contributed by atoms with E-state index in [1.807, 2.05) is 0 Å². The van der Waals surface area contributed by atoms with Crippen molar-refractivity contribution in [1.82, 2.24) is 4.98 Å². The first kappa shape index (κ1) is 15.1. The number of hydrogen-bond acceptors (Lipinski definition) is 2. The van der Waals surface area contributed by atoms with E-state index in [0.29, 0.717) is 6.29 Å². The van der Waals surface area contributed by atoms with Gasteiger partial charge in [-0.25, -0.2) is 8.78 Å². The molecule has 0 aliphatic rings. The van der Waals surface area contributed by atoms with Crippen LogP contribution in [0.15, 0.2) is 36.5 Å². The molecule has 0 N–H and O–H groups in total. The van der Waals surface area contributed by atoms with Gasteiger partial charge in [0.05, 0.1) is 0 Å². The van der Waals surface area contributed by atoms with Gasteiger partial charge in [-0.1, -0.05) is 6.07 Å². The van der Waals surface area contributed by atoms with Crippen molar-refractivity contribution in [3.05, 3.63) is 53.3 Å². The first-order chi connectivity index (χ1) is 9.81. The zero-order valence-corrected chi connectivity index (χ0v) is 10.4. The highest BCUT2D eigenvalue weighted by Crippen LogP contribution is 2.30. The number of halogens is 5. The topological polar surface area (TPSA) is 30.0 Å². The Morgan fingerprint density at radius 3 is 2.24 bits per heavy atom. The largest absolute Gasteiger partial charge is 0.433 e. The molecular weight excluding hydrogens is 293 g/mol. The molecule has 1 aromatic carbocycles. The number of hydrogen-bond donors (Lipinski definition) is 0. The van der Waals surface area contributed by atoms with E-state index in [4.69, 9.17) is 0 Å². The van der Waals surface area contributed by atoms with Crippen LogP contribution < -0.4 is 0 Å². The minimum absolute atomic E-state index is 0.0164. The summed E-state index contributed by atoms with van der Waals surface area (Å²) in [7, 11) is 0. The highest BCUT2D eigenvalue weighted by Gasteiger charge is 2.32. The van der Waals surface area contributed by atoms with Crippen molar-refractivity contribution in [2.75, 3.05) is 0 Å². The van der Waals surface area contributed by atoms with Crippen LogP contribution in [0.3, 0.4) is 0 Å². The SMILES string of the molecule is O=Cc1cc(-c2ccc(C(F)(F)F)nc2)cc(C(F)F)c1. The summed E-state index contributed by atoms with van der Waals surface area (Å²) in [6, 6.07) is 5.32. The molecule has 0 bridgehead atoms. The normalized spacial score (nSPS) is 11.7. The predicted molar refractivity (Wildman–Crippen MR) is 65.0 cm³/mol. The number of aldehydes is 1. The molecule has 7 heteroatoms. The maximum absolute atomic E-state index is 12.7. The first-order valence-electron chi connectivity index (χ1n) is 5.73. The Morgan fingerprint density at radius 2 is 1.76 bits per heavy atom. The summed E-state index contributed by atoms with van der Waals surface area (Å²) in [6.07, 6.45) is -6.03. The predicted octanol–water partition coefficient (Wildman–Crippen LogP) is 4.52. The summed E-state index contributed by atoms with van der Waals surface area (Å²) in [5.74, 6) is 0. The molecule has 0 saturated heterocycles. The van der Waals surface area contributed by atoms with Gasteiger partial charge in [-0.2, -0.15) is 13.2 Å². The Bertz CT molecular complexity index is 649. The minimum atomic E-state index is -4.57. The third-order valence-electron chi connectivity index (χ3n) is 2.75. The maximum Gasteiger partial charge on any atom is 0.433 e. The van der Waals surface area contributed by atoms with Crippen LogP contribution in [0.4, 0.5) is 22.0 Å². The van der Waals surface area contributed by atoms with Gasteiger partial charge in [0.15, 0.2) is 0 Å². The molecule has 0 amide bonds. The van der Waals surface area contributed by atoms with Gasteiger partial charge in [-0.3, -0.25) is 9.78 Å². The lowest BCUT2D eigenvalue weighted by Gasteiger charge is -2.09. The van der Waals surface area contributed by atoms with Crippen LogP contribution in [0.1, 0.15) is 28.0 Å². The summed E-state index contributed by atoms with van der Waals surface area (Å²) in [5, 5.41) is 0. The quantitative estimate of drug-likeness (QED) is 0.616. The Kier molecular flexibility index (Phi) is 4.02. The van der Waals surface area contributed by atoms with Gasteiger partial charge in [-0.05, 0) is 29.8 Å². The molecule has 0 fully saturated rings. The standard InChI is InChI=1S/C14H8F5NO/c15-13(16)11-4-8(7-21)3-10(5-11)9-1-2-12(20-6-9)14(17,18)19/h1-7,13H. The third-order valence-corrected chi connectivity index (χ3v) is 2.75. The zero-order chi connectivity index (χ0) is 15.6. The summed E-state index contributed by atoms with van der Waals surface area (Å²) in [6.45, 7) is 0. The fourth-order valence-electron chi connectivity index (χ4n) is 1.77. The van der Waals surface area contributed by atoms with Crippen molar-refractivity contribution in [1.29, 1.82) is 0 Å². The Balaban J connectivity index is 2.46. The lowest BCUT2D eigenvalue weighted by molar-refractivity contribution is -0.141. The fraction of sp³-hybridized carbons (Fsp3) is 0.143. The highest BCUT2D eigenvalue weighted by molar-refractivity contribution is 5.79. The van der Waals surface area contributed by atoms with Crippen molar-refractivity contribution in [3.8, 4) is 11.1 Å². The van der Waals surface area contributed by atoms with Crippen LogP contribution in [-0.4, -0.2) is 11.3 Å². The van der Waals surface area contributed by atoms with E-state index in [9.17, 15) is 26.7 Å². The Morgan fingerprint density at radius 1 is 1.05 bits per heavy atom. The van der Waals surface area contributed by atoms with Gasteiger partial charge in [0.25, 0.3) is 6.43 Å².